The van der Waals surface area contributed by atoms with E-state index >= 15 is 0 Å². The Balaban J connectivity index is 2.97. The molecule has 0 saturated heterocycles. The molecule has 1 amide bonds. The van der Waals surface area contributed by atoms with E-state index < -0.39 is 5.41 Å². The molecular weight excluding hydrogens is 251 g/mol. The molecule has 3 N–H and O–H groups in total. The third-order valence-electron chi connectivity index (χ3n) is 3.05. The average Bonchev–Trinajstić information content (AvgIpc) is 2.25. The van der Waals surface area contributed by atoms with Crippen LogP contribution in [0.2, 0.25) is 0 Å². The van der Waals surface area contributed by atoms with Crippen molar-refractivity contribution in [3.8, 4) is 0 Å². The molecule has 1 rings (SSSR count). The number of halogens is 1. The molecule has 0 bridgehead atoms. The van der Waals surface area contributed by atoms with Crippen molar-refractivity contribution in [1.29, 1.82) is 0 Å². The van der Waals surface area contributed by atoms with Crippen LogP contribution in [0.3, 0.4) is 0 Å². The predicted molar refractivity (Wildman–Crippen MR) is 75.0 cm³/mol. The summed E-state index contributed by atoms with van der Waals surface area (Å²) < 4.78 is 13.2. The molecule has 0 aliphatic rings. The second kappa shape index (κ2) is 5.44. The molecule has 1 unspecified atom stereocenters. The van der Waals surface area contributed by atoms with Gasteiger partial charge in [-0.1, -0.05) is 19.1 Å². The van der Waals surface area contributed by atoms with E-state index in [4.69, 9.17) is 18.0 Å². The Morgan fingerprint density at radius 1 is 1.50 bits per heavy atom. The van der Waals surface area contributed by atoms with Gasteiger partial charge in [0.25, 0.3) is 0 Å². The summed E-state index contributed by atoms with van der Waals surface area (Å²) >= 11 is 4.92. The zero-order valence-electron chi connectivity index (χ0n) is 10.7. The van der Waals surface area contributed by atoms with Crippen LogP contribution in [0, 0.1) is 18.2 Å². The largest absolute Gasteiger partial charge is 0.392 e. The lowest BCUT2D eigenvalue weighted by Gasteiger charge is -2.25. The molecule has 3 nitrogen and oxygen atoms in total. The molecule has 18 heavy (non-hydrogen) atoms. The molecule has 1 aromatic carbocycles. The number of amides is 1. The van der Waals surface area contributed by atoms with Crippen molar-refractivity contribution < 1.29 is 9.18 Å². The molecule has 0 fully saturated rings. The summed E-state index contributed by atoms with van der Waals surface area (Å²) in [4.78, 5) is 12.3. The number of carbonyl (C=O) groups is 1. The van der Waals surface area contributed by atoms with Gasteiger partial charge < -0.3 is 11.1 Å². The van der Waals surface area contributed by atoms with E-state index in [1.54, 1.807) is 19.9 Å². The van der Waals surface area contributed by atoms with E-state index in [1.807, 2.05) is 6.92 Å². The van der Waals surface area contributed by atoms with Crippen LogP contribution in [0.15, 0.2) is 18.2 Å². The van der Waals surface area contributed by atoms with Gasteiger partial charge in [0.15, 0.2) is 0 Å². The van der Waals surface area contributed by atoms with Gasteiger partial charge in [-0.15, -0.1) is 0 Å². The van der Waals surface area contributed by atoms with Crippen LogP contribution in [-0.2, 0) is 4.79 Å². The van der Waals surface area contributed by atoms with Crippen molar-refractivity contribution in [3.63, 3.8) is 0 Å². The van der Waals surface area contributed by atoms with Gasteiger partial charge >= 0.3 is 0 Å². The summed E-state index contributed by atoms with van der Waals surface area (Å²) in [6, 6.07) is 4.35. The lowest BCUT2D eigenvalue weighted by atomic mass is 9.86. The Labute approximate surface area is 112 Å². The predicted octanol–water partition coefficient (Wildman–Crippen LogP) is 2.78. The highest BCUT2D eigenvalue weighted by atomic mass is 32.1. The Morgan fingerprint density at radius 3 is 2.56 bits per heavy atom. The summed E-state index contributed by atoms with van der Waals surface area (Å²) in [5, 5.41) is 2.65. The minimum atomic E-state index is -0.921. The van der Waals surface area contributed by atoms with Gasteiger partial charge in [0, 0.05) is 5.69 Å². The van der Waals surface area contributed by atoms with Crippen molar-refractivity contribution in [1.82, 2.24) is 0 Å². The maximum Gasteiger partial charge on any atom is 0.237 e. The number of carbonyl (C=O) groups excluding carboxylic acids is 1. The number of hydrogen-bond donors (Lipinski definition) is 2. The zero-order chi connectivity index (χ0) is 13.9. The van der Waals surface area contributed by atoms with Gasteiger partial charge in [-0.3, -0.25) is 4.79 Å². The topological polar surface area (TPSA) is 55.1 Å². The molecule has 1 atom stereocenters. The van der Waals surface area contributed by atoms with Gasteiger partial charge in [0.05, 0.1) is 10.4 Å². The summed E-state index contributed by atoms with van der Waals surface area (Å²) in [5.41, 5.74) is 5.82. The fourth-order valence-corrected chi connectivity index (χ4v) is 1.76. The number of hydrogen-bond acceptors (Lipinski definition) is 2. The zero-order valence-corrected chi connectivity index (χ0v) is 11.5. The normalized spacial score (nSPS) is 13.8. The van der Waals surface area contributed by atoms with E-state index in [9.17, 15) is 9.18 Å². The highest BCUT2D eigenvalue weighted by molar-refractivity contribution is 7.80. The Hall–Kier alpha value is -1.49. The highest BCUT2D eigenvalue weighted by Gasteiger charge is 2.34. The number of nitrogens with two attached hydrogens (primary N) is 1. The van der Waals surface area contributed by atoms with Gasteiger partial charge in [-0.25, -0.2) is 4.39 Å². The second-order valence-electron chi connectivity index (χ2n) is 4.52. The minimum Gasteiger partial charge on any atom is -0.392 e. The van der Waals surface area contributed by atoms with Crippen molar-refractivity contribution in [2.24, 2.45) is 11.1 Å². The third kappa shape index (κ3) is 3.04. The molecule has 98 valence electrons. The maximum absolute atomic E-state index is 13.2. The number of nitrogens with one attached hydrogen (secondary N) is 1. The van der Waals surface area contributed by atoms with Crippen LogP contribution < -0.4 is 11.1 Å². The first-order valence-corrected chi connectivity index (χ1v) is 6.09. The van der Waals surface area contributed by atoms with Crippen molar-refractivity contribution >= 4 is 28.8 Å². The first kappa shape index (κ1) is 14.6. The molecular formula is C13H17FN2OS. The van der Waals surface area contributed by atoms with Crippen molar-refractivity contribution in [3.05, 3.63) is 29.6 Å². The first-order chi connectivity index (χ1) is 8.29. The molecule has 0 heterocycles. The Bertz CT molecular complexity index is 470. The van der Waals surface area contributed by atoms with Crippen LogP contribution >= 0.6 is 12.2 Å². The van der Waals surface area contributed by atoms with E-state index in [0.29, 0.717) is 12.1 Å². The van der Waals surface area contributed by atoms with Gasteiger partial charge in [0.2, 0.25) is 5.91 Å². The van der Waals surface area contributed by atoms with E-state index in [2.05, 4.69) is 5.32 Å². The highest BCUT2D eigenvalue weighted by Crippen LogP contribution is 2.24. The van der Waals surface area contributed by atoms with Gasteiger partial charge in [-0.2, -0.15) is 0 Å². The SMILES string of the molecule is CCC(C)(C(=O)Nc1cc(C)cc(F)c1)C(N)=S. The number of benzene rings is 1. The minimum absolute atomic E-state index is 0.135. The molecule has 5 heteroatoms. The fourth-order valence-electron chi connectivity index (χ4n) is 1.52. The first-order valence-electron chi connectivity index (χ1n) is 5.68. The lowest BCUT2D eigenvalue weighted by Crippen LogP contribution is -2.43. The monoisotopic (exact) mass is 268 g/mol. The van der Waals surface area contributed by atoms with Crippen LogP contribution in [0.1, 0.15) is 25.8 Å². The molecule has 1 aromatic rings. The lowest BCUT2D eigenvalue weighted by molar-refractivity contribution is -0.121. The number of thiocarbonyl (C=S) groups is 1. The summed E-state index contributed by atoms with van der Waals surface area (Å²) in [5.74, 6) is -0.707. The van der Waals surface area contributed by atoms with Crippen molar-refractivity contribution in [2.45, 2.75) is 27.2 Å². The molecule has 0 radical (unpaired) electrons. The quantitative estimate of drug-likeness (QED) is 0.826. The molecule has 0 saturated carbocycles. The van der Waals surface area contributed by atoms with Crippen molar-refractivity contribution in [2.75, 3.05) is 5.32 Å². The smallest absolute Gasteiger partial charge is 0.237 e. The molecule has 0 aliphatic carbocycles. The summed E-state index contributed by atoms with van der Waals surface area (Å²) in [7, 11) is 0. The number of anilines is 1. The fraction of sp³-hybridized carbons (Fsp3) is 0.385. The Kier molecular flexibility index (Phi) is 4.40. The van der Waals surface area contributed by atoms with Gasteiger partial charge in [0.1, 0.15) is 5.82 Å². The second-order valence-corrected chi connectivity index (χ2v) is 4.96. The van der Waals surface area contributed by atoms with Crippen LogP contribution in [0.4, 0.5) is 10.1 Å². The van der Waals surface area contributed by atoms with Crippen LogP contribution in [0.5, 0.6) is 0 Å². The summed E-state index contributed by atoms with van der Waals surface area (Å²) in [6.07, 6.45) is 0.489. The van der Waals surface area contributed by atoms with E-state index in [0.717, 1.165) is 5.56 Å². The standard InChI is InChI=1S/C13H17FN2OS/c1-4-13(3,11(15)18)12(17)16-10-6-8(2)5-9(14)7-10/h5-7H,4H2,1-3H3,(H2,15,18)(H,16,17). The van der Waals surface area contributed by atoms with Crippen LogP contribution in [0.25, 0.3) is 0 Å². The number of aryl methyl sites for hydroxylation is 1. The van der Waals surface area contributed by atoms with Crippen LogP contribution in [-0.4, -0.2) is 10.9 Å². The molecule has 0 spiro atoms. The van der Waals surface area contributed by atoms with E-state index in [1.165, 1.54) is 12.1 Å². The third-order valence-corrected chi connectivity index (χ3v) is 3.50. The van der Waals surface area contributed by atoms with Gasteiger partial charge in [-0.05, 0) is 44.0 Å². The molecule has 0 aliphatic heterocycles. The van der Waals surface area contributed by atoms with E-state index in [-0.39, 0.29) is 16.7 Å². The average molecular weight is 268 g/mol. The molecule has 0 aromatic heterocycles. The maximum atomic E-state index is 13.2. The summed E-state index contributed by atoms with van der Waals surface area (Å²) in [6.45, 7) is 5.26. The Morgan fingerprint density at radius 2 is 2.11 bits per heavy atom. The number of rotatable bonds is 4.